The normalized spacial score (nSPS) is 11.6. The van der Waals surface area contributed by atoms with E-state index >= 15 is 0 Å². The molecule has 0 spiro atoms. The highest BCUT2D eigenvalue weighted by Crippen LogP contribution is 2.33. The Morgan fingerprint density at radius 2 is 1.58 bits per heavy atom. The van der Waals surface area contributed by atoms with Crippen molar-refractivity contribution < 1.29 is 17.9 Å². The average molecular weight is 596 g/mol. The van der Waals surface area contributed by atoms with Crippen molar-refractivity contribution in [3.05, 3.63) is 102 Å². The molecular formula is C35H37N3O4S. The molecule has 0 aliphatic rings. The highest BCUT2D eigenvalue weighted by Gasteiger charge is 2.25. The van der Waals surface area contributed by atoms with Crippen molar-refractivity contribution in [2.75, 3.05) is 12.4 Å². The second-order valence-corrected chi connectivity index (χ2v) is 12.8. The third-order valence-electron chi connectivity index (χ3n) is 7.51. The topological polar surface area (TPSA) is 91.2 Å². The summed E-state index contributed by atoms with van der Waals surface area (Å²) in [5.74, 6) is -0.471. The van der Waals surface area contributed by atoms with Crippen molar-refractivity contribution in [1.82, 2.24) is 14.5 Å². The van der Waals surface area contributed by atoms with Crippen LogP contribution in [0.3, 0.4) is 0 Å². The van der Waals surface area contributed by atoms with Crippen LogP contribution >= 0.6 is 0 Å². The van der Waals surface area contributed by atoms with Crippen molar-refractivity contribution in [3.8, 4) is 22.3 Å². The molecular weight excluding hydrogens is 558 g/mol. The molecule has 0 saturated heterocycles. The Hall–Kier alpha value is -4.30. The highest BCUT2D eigenvalue weighted by atomic mass is 32.2. The Bertz CT molecular complexity index is 1860. The van der Waals surface area contributed by atoms with Crippen LogP contribution < -0.4 is 0 Å². The number of carbonyl (C=O) groups excluding carboxylic acids is 1. The molecule has 0 N–H and O–H groups in total. The number of aromatic nitrogens is 3. The fraction of sp³-hybridized carbons (Fsp3) is 0.286. The minimum absolute atomic E-state index is 0.108. The van der Waals surface area contributed by atoms with Crippen LogP contribution in [0.1, 0.15) is 49.3 Å². The van der Waals surface area contributed by atoms with Gasteiger partial charge in [0.25, 0.3) is 0 Å². The van der Waals surface area contributed by atoms with E-state index in [0.717, 1.165) is 63.3 Å². The molecule has 0 saturated carbocycles. The van der Waals surface area contributed by atoms with Crippen LogP contribution in [0.5, 0.6) is 0 Å². The third-order valence-corrected chi connectivity index (χ3v) is 9.16. The minimum Gasteiger partial charge on any atom is -0.465 e. The van der Waals surface area contributed by atoms with Gasteiger partial charge in [-0.05, 0) is 66.3 Å². The van der Waals surface area contributed by atoms with E-state index in [1.165, 1.54) is 0 Å². The third kappa shape index (κ3) is 6.70. The lowest BCUT2D eigenvalue weighted by Gasteiger charge is -2.14. The number of carbonyl (C=O) groups is 1. The fourth-order valence-corrected chi connectivity index (χ4v) is 6.63. The van der Waals surface area contributed by atoms with E-state index in [2.05, 4.69) is 18.4 Å². The summed E-state index contributed by atoms with van der Waals surface area (Å²) >= 11 is 0. The van der Waals surface area contributed by atoms with Gasteiger partial charge < -0.3 is 9.30 Å². The second kappa shape index (κ2) is 12.9. The first kappa shape index (κ1) is 30.2. The molecule has 8 heteroatoms. The molecule has 222 valence electrons. The maximum absolute atomic E-state index is 13.5. The molecule has 0 fully saturated rings. The Labute approximate surface area is 253 Å². The maximum atomic E-state index is 13.5. The number of nitrogens with zero attached hydrogens (tertiary/aromatic N) is 3. The van der Waals surface area contributed by atoms with E-state index in [1.807, 2.05) is 80.6 Å². The van der Waals surface area contributed by atoms with Gasteiger partial charge in [-0.1, -0.05) is 80.9 Å². The van der Waals surface area contributed by atoms with Crippen molar-refractivity contribution in [3.63, 3.8) is 0 Å². The minimum atomic E-state index is -3.96. The number of aryl methyl sites for hydroxylation is 3. The number of esters is 1. The van der Waals surface area contributed by atoms with Gasteiger partial charge in [0, 0.05) is 17.7 Å². The zero-order chi connectivity index (χ0) is 30.6. The fourth-order valence-electron chi connectivity index (χ4n) is 5.30. The lowest BCUT2D eigenvalue weighted by atomic mass is 9.98. The molecule has 2 aromatic heterocycles. The molecule has 0 amide bonds. The van der Waals surface area contributed by atoms with Crippen molar-refractivity contribution in [2.45, 2.75) is 58.4 Å². The van der Waals surface area contributed by atoms with E-state index in [1.54, 1.807) is 12.1 Å². The summed E-state index contributed by atoms with van der Waals surface area (Å²) in [5.41, 5.74) is 8.03. The number of sulfone groups is 1. The Morgan fingerprint density at radius 1 is 0.860 bits per heavy atom. The van der Waals surface area contributed by atoms with Crippen LogP contribution in [-0.4, -0.2) is 41.3 Å². The van der Waals surface area contributed by atoms with Gasteiger partial charge in [0.05, 0.1) is 18.0 Å². The summed E-state index contributed by atoms with van der Waals surface area (Å²) in [6, 6.07) is 25.0. The van der Waals surface area contributed by atoms with Crippen molar-refractivity contribution in [1.29, 1.82) is 0 Å². The SMILES string of the molecule is CCCCOC(=O)CS(=O)(=O)c1ccc(-c2ccccc2)cc1-c1ccc(Cn2c(CC)nc3c(C)cc(C)nc32)cc1. The summed E-state index contributed by atoms with van der Waals surface area (Å²) in [6.07, 6.45) is 2.33. The van der Waals surface area contributed by atoms with Crippen LogP contribution in [0.15, 0.2) is 83.8 Å². The number of fused-ring (bicyclic) bond motifs is 1. The standard InChI is InChI=1S/C35H37N3O4S/c1-5-7-19-42-33(39)23-43(40,41)31-18-17-29(27-11-9-8-10-12-27)21-30(31)28-15-13-26(14-16-28)22-38-32(6-2)37-34-24(3)20-25(4)36-35(34)38/h8-18,20-21H,5-7,19,22-23H2,1-4H3. The van der Waals surface area contributed by atoms with E-state index < -0.39 is 21.6 Å². The van der Waals surface area contributed by atoms with Gasteiger partial charge in [0.1, 0.15) is 11.3 Å². The Balaban J connectivity index is 1.51. The van der Waals surface area contributed by atoms with Crippen LogP contribution in [0.2, 0.25) is 0 Å². The number of rotatable bonds is 11. The van der Waals surface area contributed by atoms with Gasteiger partial charge in [-0.3, -0.25) is 4.79 Å². The zero-order valence-corrected chi connectivity index (χ0v) is 25.9. The van der Waals surface area contributed by atoms with Crippen molar-refractivity contribution >= 4 is 27.0 Å². The van der Waals surface area contributed by atoms with E-state index in [0.29, 0.717) is 18.5 Å². The molecule has 0 radical (unpaired) electrons. The summed E-state index contributed by atoms with van der Waals surface area (Å²) in [5, 5.41) is 0. The first-order chi connectivity index (χ1) is 20.7. The predicted molar refractivity (Wildman–Crippen MR) is 171 cm³/mol. The molecule has 0 aliphatic heterocycles. The molecule has 0 atom stereocenters. The molecule has 0 unspecified atom stereocenters. The number of benzene rings is 3. The average Bonchev–Trinajstić information content (AvgIpc) is 3.35. The van der Waals surface area contributed by atoms with Gasteiger partial charge in [-0.25, -0.2) is 18.4 Å². The molecule has 5 aromatic rings. The quantitative estimate of drug-likeness (QED) is 0.119. The number of unbranched alkanes of at least 4 members (excludes halogenated alkanes) is 1. The molecule has 0 bridgehead atoms. The van der Waals surface area contributed by atoms with Crippen LogP contribution in [0.4, 0.5) is 0 Å². The zero-order valence-electron chi connectivity index (χ0n) is 25.1. The molecule has 2 heterocycles. The summed E-state index contributed by atoms with van der Waals surface area (Å²) in [4.78, 5) is 22.2. The predicted octanol–water partition coefficient (Wildman–Crippen LogP) is 7.11. The monoisotopic (exact) mass is 595 g/mol. The smallest absolute Gasteiger partial charge is 0.321 e. The van der Waals surface area contributed by atoms with Gasteiger partial charge in [0.15, 0.2) is 21.2 Å². The molecule has 43 heavy (non-hydrogen) atoms. The number of imidazole rings is 1. The van der Waals surface area contributed by atoms with Crippen LogP contribution in [0.25, 0.3) is 33.4 Å². The number of hydrogen-bond donors (Lipinski definition) is 0. The lowest BCUT2D eigenvalue weighted by molar-refractivity contribution is -0.140. The largest absolute Gasteiger partial charge is 0.465 e. The lowest BCUT2D eigenvalue weighted by Crippen LogP contribution is -2.20. The first-order valence-electron chi connectivity index (χ1n) is 14.7. The van der Waals surface area contributed by atoms with E-state index in [-0.39, 0.29) is 11.5 Å². The summed E-state index contributed by atoms with van der Waals surface area (Å²) in [7, 11) is -3.96. The van der Waals surface area contributed by atoms with Crippen molar-refractivity contribution in [2.24, 2.45) is 0 Å². The number of pyridine rings is 1. The molecule has 7 nitrogen and oxygen atoms in total. The van der Waals surface area contributed by atoms with Crippen LogP contribution in [0, 0.1) is 13.8 Å². The highest BCUT2D eigenvalue weighted by molar-refractivity contribution is 7.92. The molecule has 5 rings (SSSR count). The first-order valence-corrected chi connectivity index (χ1v) is 16.4. The Kier molecular flexibility index (Phi) is 9.06. The van der Waals surface area contributed by atoms with Gasteiger partial charge in [-0.15, -0.1) is 0 Å². The molecule has 0 aliphatic carbocycles. The van der Waals surface area contributed by atoms with E-state index in [9.17, 15) is 13.2 Å². The van der Waals surface area contributed by atoms with Gasteiger partial charge >= 0.3 is 5.97 Å². The number of ether oxygens (including phenoxy) is 1. The van der Waals surface area contributed by atoms with Crippen LogP contribution in [-0.2, 0) is 32.3 Å². The Morgan fingerprint density at radius 3 is 2.28 bits per heavy atom. The summed E-state index contributed by atoms with van der Waals surface area (Å²) in [6.45, 7) is 8.92. The summed E-state index contributed by atoms with van der Waals surface area (Å²) < 4.78 is 34.4. The van der Waals surface area contributed by atoms with Gasteiger partial charge in [-0.2, -0.15) is 0 Å². The molecule has 3 aromatic carbocycles. The van der Waals surface area contributed by atoms with Gasteiger partial charge in [0.2, 0.25) is 0 Å². The number of hydrogen-bond acceptors (Lipinski definition) is 6. The maximum Gasteiger partial charge on any atom is 0.321 e. The second-order valence-electron chi connectivity index (χ2n) is 10.8. The van der Waals surface area contributed by atoms with E-state index in [4.69, 9.17) is 14.7 Å².